The third-order valence-electron chi connectivity index (χ3n) is 4.53. The molecule has 0 spiro atoms. The van der Waals surface area contributed by atoms with Gasteiger partial charge in [0, 0.05) is 38.2 Å². The van der Waals surface area contributed by atoms with Gasteiger partial charge in [-0.25, -0.2) is 0 Å². The van der Waals surface area contributed by atoms with E-state index in [0.29, 0.717) is 25.6 Å². The fourth-order valence-electron chi connectivity index (χ4n) is 2.77. The maximum atomic E-state index is 11.6. The highest BCUT2D eigenvalue weighted by Gasteiger charge is 2.28. The summed E-state index contributed by atoms with van der Waals surface area (Å²) in [7, 11) is 1.73. The van der Waals surface area contributed by atoms with Crippen molar-refractivity contribution in [2.24, 2.45) is 10.9 Å². The van der Waals surface area contributed by atoms with E-state index in [2.05, 4.69) is 33.1 Å². The smallest absolute Gasteiger partial charge is 0.223 e. The normalized spacial score (nSPS) is 13.2. The second-order valence-electron chi connectivity index (χ2n) is 6.94. The molecule has 0 bridgehead atoms. The number of amides is 1. The van der Waals surface area contributed by atoms with Gasteiger partial charge in [0.2, 0.25) is 5.91 Å². The molecule has 156 valence electrons. The molecule has 2 aromatic rings. The lowest BCUT2D eigenvalue weighted by molar-refractivity contribution is -0.122. The summed E-state index contributed by atoms with van der Waals surface area (Å²) in [5.41, 5.74) is 2.18. The SMILES string of the molecule is CN=C(NCCNC(=O)C1CC1)NCc1ccc(C)cc1Oc1ccccc1.I. The maximum absolute atomic E-state index is 11.6. The highest BCUT2D eigenvalue weighted by atomic mass is 127. The summed E-state index contributed by atoms with van der Waals surface area (Å²) < 4.78 is 6.06. The second kappa shape index (κ2) is 11.6. The van der Waals surface area contributed by atoms with Crippen LogP contribution in [0.2, 0.25) is 0 Å². The average Bonchev–Trinajstić information content (AvgIpc) is 3.55. The number of rotatable bonds is 8. The molecular weight excluding hydrogens is 479 g/mol. The number of para-hydroxylation sites is 1. The fourth-order valence-corrected chi connectivity index (χ4v) is 2.77. The van der Waals surface area contributed by atoms with E-state index >= 15 is 0 Å². The average molecular weight is 508 g/mol. The zero-order valence-corrected chi connectivity index (χ0v) is 19.2. The summed E-state index contributed by atoms with van der Waals surface area (Å²) in [6.45, 7) is 3.84. The molecule has 1 saturated carbocycles. The molecule has 1 amide bonds. The van der Waals surface area contributed by atoms with Gasteiger partial charge < -0.3 is 20.7 Å². The quantitative estimate of drug-likeness (QED) is 0.221. The van der Waals surface area contributed by atoms with Gasteiger partial charge in [-0.3, -0.25) is 9.79 Å². The molecule has 29 heavy (non-hydrogen) atoms. The summed E-state index contributed by atoms with van der Waals surface area (Å²) in [6, 6.07) is 15.9. The minimum absolute atomic E-state index is 0. The van der Waals surface area contributed by atoms with E-state index in [9.17, 15) is 4.79 Å². The van der Waals surface area contributed by atoms with Crippen LogP contribution in [0.5, 0.6) is 11.5 Å². The van der Waals surface area contributed by atoms with Gasteiger partial charge in [0.05, 0.1) is 0 Å². The number of nitrogens with one attached hydrogen (secondary N) is 3. The summed E-state index contributed by atoms with van der Waals surface area (Å²) in [5, 5.41) is 9.46. The van der Waals surface area contributed by atoms with Gasteiger partial charge in [-0.05, 0) is 43.5 Å². The Labute approximate surface area is 189 Å². The highest BCUT2D eigenvalue weighted by molar-refractivity contribution is 14.0. The first kappa shape index (κ1) is 23.0. The topological polar surface area (TPSA) is 74.8 Å². The van der Waals surface area contributed by atoms with Crippen LogP contribution in [0.4, 0.5) is 0 Å². The first-order valence-corrected chi connectivity index (χ1v) is 9.70. The number of guanidine groups is 1. The Balaban J connectivity index is 0.00000300. The lowest BCUT2D eigenvalue weighted by atomic mass is 10.1. The summed E-state index contributed by atoms with van der Waals surface area (Å²) in [4.78, 5) is 15.9. The van der Waals surface area contributed by atoms with Crippen molar-refractivity contribution in [3.8, 4) is 11.5 Å². The van der Waals surface area contributed by atoms with Crippen LogP contribution < -0.4 is 20.7 Å². The molecule has 0 atom stereocenters. The molecule has 0 heterocycles. The van der Waals surface area contributed by atoms with Crippen LogP contribution in [-0.2, 0) is 11.3 Å². The van der Waals surface area contributed by atoms with Gasteiger partial charge in [0.15, 0.2) is 5.96 Å². The Morgan fingerprint density at radius 3 is 2.48 bits per heavy atom. The maximum Gasteiger partial charge on any atom is 0.223 e. The van der Waals surface area contributed by atoms with E-state index in [1.807, 2.05) is 43.3 Å². The number of hydrogen-bond acceptors (Lipinski definition) is 3. The van der Waals surface area contributed by atoms with Gasteiger partial charge in [-0.15, -0.1) is 24.0 Å². The first-order chi connectivity index (χ1) is 13.7. The third kappa shape index (κ3) is 7.56. The summed E-state index contributed by atoms with van der Waals surface area (Å²) in [6.07, 6.45) is 2.04. The molecule has 3 rings (SSSR count). The number of ether oxygens (including phenoxy) is 1. The van der Waals surface area contributed by atoms with Crippen molar-refractivity contribution in [3.05, 3.63) is 59.7 Å². The van der Waals surface area contributed by atoms with Crippen LogP contribution in [0.25, 0.3) is 0 Å². The molecule has 0 radical (unpaired) electrons. The Morgan fingerprint density at radius 2 is 1.79 bits per heavy atom. The monoisotopic (exact) mass is 508 g/mol. The minimum Gasteiger partial charge on any atom is -0.457 e. The largest absolute Gasteiger partial charge is 0.457 e. The molecule has 2 aromatic carbocycles. The fraction of sp³-hybridized carbons (Fsp3) is 0.364. The molecule has 0 unspecified atom stereocenters. The lowest BCUT2D eigenvalue weighted by Crippen LogP contribution is -2.41. The van der Waals surface area contributed by atoms with Crippen molar-refractivity contribution in [2.45, 2.75) is 26.3 Å². The minimum atomic E-state index is 0. The molecule has 0 aromatic heterocycles. The van der Waals surface area contributed by atoms with E-state index in [1.165, 1.54) is 0 Å². The second-order valence-corrected chi connectivity index (χ2v) is 6.94. The number of aryl methyl sites for hydroxylation is 1. The molecule has 7 heteroatoms. The van der Waals surface area contributed by atoms with Crippen molar-refractivity contribution in [2.75, 3.05) is 20.1 Å². The number of halogens is 1. The van der Waals surface area contributed by atoms with Crippen molar-refractivity contribution in [3.63, 3.8) is 0 Å². The van der Waals surface area contributed by atoms with Crippen molar-refractivity contribution >= 4 is 35.8 Å². The molecule has 0 aliphatic heterocycles. The Hall–Kier alpha value is -2.29. The Kier molecular flexibility index (Phi) is 9.24. The number of carbonyl (C=O) groups excluding carboxylic acids is 1. The molecule has 1 aliphatic carbocycles. The Bertz CT molecular complexity index is 823. The number of benzene rings is 2. The zero-order chi connectivity index (χ0) is 19.8. The van der Waals surface area contributed by atoms with Crippen LogP contribution in [0.3, 0.4) is 0 Å². The van der Waals surface area contributed by atoms with Crippen LogP contribution >= 0.6 is 24.0 Å². The number of aliphatic imine (C=N–C) groups is 1. The van der Waals surface area contributed by atoms with Crippen molar-refractivity contribution in [1.29, 1.82) is 0 Å². The standard InChI is InChI=1S/C22H28N4O2.HI/c1-16-8-9-18(20(14-16)28-19-6-4-3-5-7-19)15-26-22(23-2)25-13-12-24-21(27)17-10-11-17;/h3-9,14,17H,10-13,15H2,1-2H3,(H,24,27)(H2,23,25,26);1H. The van der Waals surface area contributed by atoms with Crippen molar-refractivity contribution < 1.29 is 9.53 Å². The zero-order valence-electron chi connectivity index (χ0n) is 16.9. The molecule has 1 aliphatic rings. The van der Waals surface area contributed by atoms with E-state index in [4.69, 9.17) is 4.74 Å². The highest BCUT2D eigenvalue weighted by Crippen LogP contribution is 2.28. The predicted octanol–water partition coefficient (Wildman–Crippen LogP) is 3.60. The van der Waals surface area contributed by atoms with E-state index in [0.717, 1.165) is 35.5 Å². The van der Waals surface area contributed by atoms with Gasteiger partial charge in [-0.1, -0.05) is 30.3 Å². The number of hydrogen-bond donors (Lipinski definition) is 3. The third-order valence-corrected chi connectivity index (χ3v) is 4.53. The van der Waals surface area contributed by atoms with Crippen LogP contribution in [0.15, 0.2) is 53.5 Å². The number of carbonyl (C=O) groups is 1. The van der Waals surface area contributed by atoms with Gasteiger partial charge in [0.1, 0.15) is 11.5 Å². The van der Waals surface area contributed by atoms with Crippen LogP contribution in [0.1, 0.15) is 24.0 Å². The van der Waals surface area contributed by atoms with Crippen molar-refractivity contribution in [1.82, 2.24) is 16.0 Å². The molecule has 0 saturated heterocycles. The lowest BCUT2D eigenvalue weighted by Gasteiger charge is -2.15. The molecule has 6 nitrogen and oxygen atoms in total. The van der Waals surface area contributed by atoms with E-state index in [1.54, 1.807) is 7.05 Å². The molecule has 3 N–H and O–H groups in total. The van der Waals surface area contributed by atoms with Crippen LogP contribution in [0, 0.1) is 12.8 Å². The summed E-state index contributed by atoms with van der Waals surface area (Å²) in [5.74, 6) is 2.72. The Morgan fingerprint density at radius 1 is 1.07 bits per heavy atom. The molecule has 1 fully saturated rings. The number of nitrogens with zero attached hydrogens (tertiary/aromatic N) is 1. The predicted molar refractivity (Wildman–Crippen MR) is 127 cm³/mol. The summed E-state index contributed by atoms with van der Waals surface area (Å²) >= 11 is 0. The van der Waals surface area contributed by atoms with Crippen LogP contribution in [-0.4, -0.2) is 32.0 Å². The van der Waals surface area contributed by atoms with Gasteiger partial charge in [-0.2, -0.15) is 0 Å². The van der Waals surface area contributed by atoms with Gasteiger partial charge in [0.25, 0.3) is 0 Å². The van der Waals surface area contributed by atoms with E-state index in [-0.39, 0.29) is 35.8 Å². The first-order valence-electron chi connectivity index (χ1n) is 9.70. The van der Waals surface area contributed by atoms with Gasteiger partial charge >= 0.3 is 0 Å². The van der Waals surface area contributed by atoms with E-state index < -0.39 is 0 Å². The molecular formula is C22H29IN4O2.